The van der Waals surface area contributed by atoms with Crippen molar-refractivity contribution in [2.24, 2.45) is 0 Å². The third-order valence-corrected chi connectivity index (χ3v) is 9.06. The smallest absolute Gasteiger partial charge is 0.306 e. The maximum Gasteiger partial charge on any atom is 0.306 e. The number of carbonyl (C=O) groups is 3. The molecule has 0 fully saturated rings. The van der Waals surface area contributed by atoms with Crippen molar-refractivity contribution < 1.29 is 28.6 Å². The van der Waals surface area contributed by atoms with Crippen molar-refractivity contribution in [1.82, 2.24) is 0 Å². The van der Waals surface area contributed by atoms with Gasteiger partial charge < -0.3 is 14.2 Å². The zero-order chi connectivity index (χ0) is 44.4. The summed E-state index contributed by atoms with van der Waals surface area (Å²) in [4.78, 5) is 37.8. The molecule has 0 bridgehead atoms. The second kappa shape index (κ2) is 48.0. The van der Waals surface area contributed by atoms with Crippen molar-refractivity contribution in [2.75, 3.05) is 13.2 Å². The summed E-state index contributed by atoms with van der Waals surface area (Å²) < 4.78 is 16.6. The van der Waals surface area contributed by atoms with Crippen LogP contribution in [0.15, 0.2) is 146 Å². The fourth-order valence-corrected chi connectivity index (χ4v) is 5.59. The molecule has 61 heavy (non-hydrogen) atoms. The van der Waals surface area contributed by atoms with Crippen LogP contribution in [0.1, 0.15) is 162 Å². The Labute approximate surface area is 372 Å². The van der Waals surface area contributed by atoms with Crippen LogP contribution in [0.5, 0.6) is 0 Å². The average Bonchev–Trinajstić information content (AvgIpc) is 3.26. The van der Waals surface area contributed by atoms with E-state index in [0.717, 1.165) is 51.4 Å². The molecule has 0 spiro atoms. The summed E-state index contributed by atoms with van der Waals surface area (Å²) in [6.07, 6.45) is 68.4. The van der Waals surface area contributed by atoms with Crippen LogP contribution in [0, 0.1) is 0 Å². The van der Waals surface area contributed by atoms with Gasteiger partial charge in [0.2, 0.25) is 0 Å². The van der Waals surface area contributed by atoms with E-state index >= 15 is 0 Å². The van der Waals surface area contributed by atoms with Gasteiger partial charge in [-0.25, -0.2) is 0 Å². The molecule has 0 amide bonds. The molecule has 0 aromatic heterocycles. The number of carbonyl (C=O) groups excluding carboxylic acids is 3. The zero-order valence-corrected chi connectivity index (χ0v) is 38.4. The Morgan fingerprint density at radius 2 is 0.721 bits per heavy atom. The highest BCUT2D eigenvalue weighted by Gasteiger charge is 2.19. The van der Waals surface area contributed by atoms with E-state index < -0.39 is 12.1 Å². The van der Waals surface area contributed by atoms with Crippen molar-refractivity contribution in [3.63, 3.8) is 0 Å². The lowest BCUT2D eigenvalue weighted by Crippen LogP contribution is -2.30. The summed E-state index contributed by atoms with van der Waals surface area (Å²) in [5, 5.41) is 0. The molecule has 1 unspecified atom stereocenters. The van der Waals surface area contributed by atoms with Gasteiger partial charge in [0, 0.05) is 19.3 Å². The minimum atomic E-state index is -0.852. The largest absolute Gasteiger partial charge is 0.462 e. The molecule has 0 saturated carbocycles. The van der Waals surface area contributed by atoms with Crippen LogP contribution in [0.2, 0.25) is 0 Å². The van der Waals surface area contributed by atoms with Gasteiger partial charge in [-0.2, -0.15) is 0 Å². The number of ether oxygens (including phenoxy) is 3. The van der Waals surface area contributed by atoms with Crippen LogP contribution in [-0.4, -0.2) is 37.2 Å². The maximum absolute atomic E-state index is 12.7. The van der Waals surface area contributed by atoms with E-state index in [0.29, 0.717) is 25.7 Å². The maximum atomic E-state index is 12.7. The molecule has 6 nitrogen and oxygen atoms in total. The number of allylic oxidation sites excluding steroid dienone is 24. The third-order valence-electron chi connectivity index (χ3n) is 9.06. The summed E-state index contributed by atoms with van der Waals surface area (Å²) >= 11 is 0. The highest BCUT2D eigenvalue weighted by atomic mass is 16.6. The lowest BCUT2D eigenvalue weighted by molar-refractivity contribution is -0.167. The molecule has 0 radical (unpaired) electrons. The van der Waals surface area contributed by atoms with E-state index in [-0.39, 0.29) is 38.0 Å². The Morgan fingerprint density at radius 3 is 1.18 bits per heavy atom. The van der Waals surface area contributed by atoms with E-state index in [1.807, 2.05) is 109 Å². The number of hydrogen-bond donors (Lipinski definition) is 0. The average molecular weight is 839 g/mol. The Balaban J connectivity index is 4.62. The molecule has 0 aliphatic rings. The van der Waals surface area contributed by atoms with Gasteiger partial charge in [-0.15, -0.1) is 0 Å². The van der Waals surface area contributed by atoms with E-state index in [1.165, 1.54) is 51.4 Å². The van der Waals surface area contributed by atoms with Crippen molar-refractivity contribution >= 4 is 17.9 Å². The second-order valence-corrected chi connectivity index (χ2v) is 14.8. The van der Waals surface area contributed by atoms with E-state index in [9.17, 15) is 14.4 Å². The molecule has 0 aromatic rings. The number of esters is 3. The summed E-state index contributed by atoms with van der Waals surface area (Å²) in [7, 11) is 0. The minimum absolute atomic E-state index is 0.140. The van der Waals surface area contributed by atoms with Crippen molar-refractivity contribution in [3.8, 4) is 0 Å². The monoisotopic (exact) mass is 839 g/mol. The van der Waals surface area contributed by atoms with Gasteiger partial charge in [-0.05, 0) is 77.0 Å². The standard InChI is InChI=1S/C55H82O6/c1-4-7-10-13-16-19-22-25-26-27-28-31-33-36-39-42-45-48-54(57)60-51-52(61-55(58)49-46-43-40-37-34-30-24-21-18-15-12-9-6-3)50-59-53(56)47-44-41-38-35-32-29-23-20-17-14-11-8-5-2/h8-9,11-12,14-21,23-26,29-30,32,34-35,37-38,40,52H,4-7,10,13,22,27-28,31,33,36,39,41-51H2,1-3H3/b11-8-,12-9-,17-14-,18-15-,19-16-,23-20-,24-21-,26-25-,32-29-,34-30-,38-35-,40-37-. The Kier molecular flexibility index (Phi) is 44.3. The van der Waals surface area contributed by atoms with Crippen LogP contribution in [0.25, 0.3) is 0 Å². The first-order valence-electron chi connectivity index (χ1n) is 23.5. The minimum Gasteiger partial charge on any atom is -0.462 e. The van der Waals surface area contributed by atoms with E-state index in [1.54, 1.807) is 0 Å². The molecular formula is C55H82O6. The topological polar surface area (TPSA) is 78.9 Å². The second-order valence-electron chi connectivity index (χ2n) is 14.8. The SMILES string of the molecule is CC\C=C/C=C\C=C/C=C\C=C/CCCC(=O)OCC(COC(=O)CCCCCCCCC/C=C\C/C=C\CCCCC)OC(=O)CCC\C=C/C=C\C=C/C=C\C=C/CC. The molecule has 0 rings (SSSR count). The van der Waals surface area contributed by atoms with Crippen LogP contribution < -0.4 is 0 Å². The molecule has 338 valence electrons. The molecular weight excluding hydrogens is 757 g/mol. The predicted octanol–water partition coefficient (Wildman–Crippen LogP) is 15.3. The first-order chi connectivity index (χ1) is 30.0. The van der Waals surface area contributed by atoms with Crippen molar-refractivity contribution in [2.45, 2.75) is 168 Å². The number of unbranched alkanes of at least 4 members (excludes halogenated alkanes) is 12. The molecule has 0 aliphatic carbocycles. The third kappa shape index (κ3) is 46.2. The van der Waals surface area contributed by atoms with Crippen molar-refractivity contribution in [1.29, 1.82) is 0 Å². The molecule has 0 saturated heterocycles. The van der Waals surface area contributed by atoms with Gasteiger partial charge >= 0.3 is 17.9 Å². The van der Waals surface area contributed by atoms with Gasteiger partial charge in [-0.3, -0.25) is 14.4 Å². The molecule has 0 heterocycles. The van der Waals surface area contributed by atoms with E-state index in [4.69, 9.17) is 14.2 Å². The number of rotatable bonds is 39. The van der Waals surface area contributed by atoms with Gasteiger partial charge in [0.05, 0.1) is 0 Å². The van der Waals surface area contributed by atoms with Gasteiger partial charge in [-0.1, -0.05) is 212 Å². The quantitative estimate of drug-likeness (QED) is 0.0202. The Bertz CT molecular complexity index is 1430. The summed E-state index contributed by atoms with van der Waals surface area (Å²) in [6, 6.07) is 0. The predicted molar refractivity (Wildman–Crippen MR) is 260 cm³/mol. The Morgan fingerprint density at radius 1 is 0.361 bits per heavy atom. The fraction of sp³-hybridized carbons (Fsp3) is 0.509. The number of hydrogen-bond acceptors (Lipinski definition) is 6. The first kappa shape index (κ1) is 56.3. The zero-order valence-electron chi connectivity index (χ0n) is 38.4. The molecule has 1 atom stereocenters. The van der Waals surface area contributed by atoms with Gasteiger partial charge in [0.1, 0.15) is 13.2 Å². The molecule has 0 aliphatic heterocycles. The molecule has 0 aromatic carbocycles. The molecule has 6 heteroatoms. The lowest BCUT2D eigenvalue weighted by Gasteiger charge is -2.18. The summed E-state index contributed by atoms with van der Waals surface area (Å²) in [5.74, 6) is -1.12. The summed E-state index contributed by atoms with van der Waals surface area (Å²) in [5.41, 5.74) is 0. The van der Waals surface area contributed by atoms with Crippen LogP contribution in [0.4, 0.5) is 0 Å². The fourth-order valence-electron chi connectivity index (χ4n) is 5.59. The summed E-state index contributed by atoms with van der Waals surface area (Å²) in [6.45, 7) is 6.15. The van der Waals surface area contributed by atoms with Crippen LogP contribution >= 0.6 is 0 Å². The van der Waals surface area contributed by atoms with Crippen LogP contribution in [0.3, 0.4) is 0 Å². The van der Waals surface area contributed by atoms with Gasteiger partial charge in [0.25, 0.3) is 0 Å². The van der Waals surface area contributed by atoms with E-state index in [2.05, 4.69) is 57.2 Å². The normalized spacial score (nSPS) is 13.4. The lowest BCUT2D eigenvalue weighted by atomic mass is 10.1. The highest BCUT2D eigenvalue weighted by molar-refractivity contribution is 5.71. The Hall–Kier alpha value is -4.71. The first-order valence-corrected chi connectivity index (χ1v) is 23.5. The van der Waals surface area contributed by atoms with Crippen LogP contribution in [-0.2, 0) is 28.6 Å². The molecule has 0 N–H and O–H groups in total. The van der Waals surface area contributed by atoms with Crippen molar-refractivity contribution in [3.05, 3.63) is 146 Å². The highest BCUT2D eigenvalue weighted by Crippen LogP contribution is 2.12. The van der Waals surface area contributed by atoms with Gasteiger partial charge in [0.15, 0.2) is 6.10 Å².